The fourth-order valence-electron chi connectivity index (χ4n) is 1.73. The minimum absolute atomic E-state index is 0.0576. The van der Waals surface area contributed by atoms with E-state index < -0.39 is 17.8 Å². The van der Waals surface area contributed by atoms with Crippen LogP contribution < -0.4 is 5.32 Å². The molecule has 1 aromatic heterocycles. The summed E-state index contributed by atoms with van der Waals surface area (Å²) in [6.07, 6.45) is -3.08. The van der Waals surface area contributed by atoms with Gasteiger partial charge in [-0.1, -0.05) is 12.1 Å². The maximum Gasteiger partial charge on any atom is 0.416 e. The number of aromatic nitrogens is 4. The maximum atomic E-state index is 12.5. The highest BCUT2D eigenvalue weighted by Gasteiger charge is 2.30. The largest absolute Gasteiger partial charge is 0.416 e. The first-order chi connectivity index (χ1) is 9.86. The Hall–Kier alpha value is -2.45. The quantitative estimate of drug-likeness (QED) is 0.930. The van der Waals surface area contributed by atoms with E-state index in [-0.39, 0.29) is 12.5 Å². The van der Waals surface area contributed by atoms with Crippen LogP contribution in [0.5, 0.6) is 0 Å². The fourth-order valence-corrected chi connectivity index (χ4v) is 1.73. The lowest BCUT2D eigenvalue weighted by Gasteiger charge is -2.15. The van der Waals surface area contributed by atoms with Crippen LogP contribution in [0.3, 0.4) is 0 Å². The van der Waals surface area contributed by atoms with Crippen molar-refractivity contribution < 1.29 is 18.0 Å². The molecule has 0 fully saturated rings. The van der Waals surface area contributed by atoms with Gasteiger partial charge in [-0.05, 0) is 35.0 Å². The number of hydrogen-bond acceptors (Lipinski definition) is 4. The minimum atomic E-state index is -4.37. The van der Waals surface area contributed by atoms with Gasteiger partial charge < -0.3 is 5.32 Å². The highest BCUT2D eigenvalue weighted by Crippen LogP contribution is 2.29. The Bertz CT molecular complexity index is 594. The van der Waals surface area contributed by atoms with Gasteiger partial charge in [0.25, 0.3) is 0 Å². The van der Waals surface area contributed by atoms with Crippen molar-refractivity contribution in [3.63, 3.8) is 0 Å². The van der Waals surface area contributed by atoms with Crippen LogP contribution in [0.2, 0.25) is 0 Å². The Morgan fingerprint density at radius 3 is 2.52 bits per heavy atom. The van der Waals surface area contributed by atoms with E-state index in [2.05, 4.69) is 20.8 Å². The second kappa shape index (κ2) is 5.90. The zero-order chi connectivity index (χ0) is 15.5. The van der Waals surface area contributed by atoms with Gasteiger partial charge in [-0.3, -0.25) is 4.79 Å². The molecule has 1 atom stereocenters. The Balaban J connectivity index is 1.96. The summed E-state index contributed by atoms with van der Waals surface area (Å²) < 4.78 is 38.6. The van der Waals surface area contributed by atoms with Crippen molar-refractivity contribution in [2.24, 2.45) is 0 Å². The van der Waals surface area contributed by atoms with Crippen LogP contribution in [0.4, 0.5) is 13.2 Å². The van der Waals surface area contributed by atoms with Gasteiger partial charge in [-0.25, -0.2) is 4.68 Å². The third-order valence-corrected chi connectivity index (χ3v) is 2.81. The molecule has 0 unspecified atom stereocenters. The van der Waals surface area contributed by atoms with Crippen molar-refractivity contribution >= 4 is 5.91 Å². The van der Waals surface area contributed by atoms with Gasteiger partial charge >= 0.3 is 6.18 Å². The van der Waals surface area contributed by atoms with Crippen LogP contribution >= 0.6 is 0 Å². The van der Waals surface area contributed by atoms with Crippen molar-refractivity contribution in [3.05, 3.63) is 41.7 Å². The molecule has 0 radical (unpaired) electrons. The molecule has 6 nitrogen and oxygen atoms in total. The summed E-state index contributed by atoms with van der Waals surface area (Å²) in [5.74, 6) is -0.338. The van der Waals surface area contributed by atoms with E-state index in [9.17, 15) is 18.0 Å². The molecule has 1 heterocycles. The first-order valence-electron chi connectivity index (χ1n) is 6.03. The van der Waals surface area contributed by atoms with Crippen LogP contribution in [0, 0.1) is 0 Å². The molecule has 1 amide bonds. The van der Waals surface area contributed by atoms with E-state index in [4.69, 9.17) is 0 Å². The average molecular weight is 299 g/mol. The van der Waals surface area contributed by atoms with Crippen LogP contribution in [0.25, 0.3) is 0 Å². The number of rotatable bonds is 4. The molecule has 112 valence electrons. The molecule has 1 N–H and O–H groups in total. The third-order valence-electron chi connectivity index (χ3n) is 2.81. The van der Waals surface area contributed by atoms with Gasteiger partial charge in [-0.2, -0.15) is 13.2 Å². The second-order valence-corrected chi connectivity index (χ2v) is 4.42. The lowest BCUT2D eigenvalue weighted by Crippen LogP contribution is -2.30. The van der Waals surface area contributed by atoms with E-state index in [1.165, 1.54) is 23.1 Å². The molecule has 9 heteroatoms. The fraction of sp³-hybridized carbons (Fsp3) is 0.333. The minimum Gasteiger partial charge on any atom is -0.348 e. The standard InChI is InChI=1S/C12H12F3N5O/c1-8(17-11(21)6-20-7-16-18-19-20)9-2-4-10(5-3-9)12(13,14)15/h2-5,7-8H,6H2,1H3,(H,17,21)/t8-/m1/s1. The molecule has 2 rings (SSSR count). The number of nitrogens with zero attached hydrogens (tertiary/aromatic N) is 4. The smallest absolute Gasteiger partial charge is 0.348 e. The highest BCUT2D eigenvalue weighted by atomic mass is 19.4. The molecule has 0 aliphatic heterocycles. The molecular weight excluding hydrogens is 287 g/mol. The SMILES string of the molecule is C[C@@H](NC(=O)Cn1cnnn1)c1ccc(C(F)(F)F)cc1. The molecule has 0 saturated carbocycles. The number of benzene rings is 1. The Kier molecular flexibility index (Phi) is 4.20. The number of nitrogens with one attached hydrogen (secondary N) is 1. The Morgan fingerprint density at radius 2 is 2.00 bits per heavy atom. The van der Waals surface area contributed by atoms with Gasteiger partial charge in [0.15, 0.2) is 0 Å². The zero-order valence-electron chi connectivity index (χ0n) is 11.0. The molecule has 0 aliphatic rings. The number of alkyl halides is 3. The predicted octanol–water partition coefficient (Wildman–Crippen LogP) is 1.57. The van der Waals surface area contributed by atoms with Crippen LogP contribution in [-0.4, -0.2) is 26.1 Å². The summed E-state index contributed by atoms with van der Waals surface area (Å²) in [7, 11) is 0. The number of carbonyl (C=O) groups is 1. The molecule has 0 aliphatic carbocycles. The Labute approximate surface area is 118 Å². The summed E-state index contributed by atoms with van der Waals surface area (Å²) in [5.41, 5.74) is -0.147. The summed E-state index contributed by atoms with van der Waals surface area (Å²) in [4.78, 5) is 11.7. The number of carbonyl (C=O) groups excluding carboxylic acids is 1. The van der Waals surface area contributed by atoms with Crippen LogP contribution in [0.15, 0.2) is 30.6 Å². The lowest BCUT2D eigenvalue weighted by atomic mass is 10.1. The number of tetrazole rings is 1. The molecule has 21 heavy (non-hydrogen) atoms. The highest BCUT2D eigenvalue weighted by molar-refractivity contribution is 5.76. The van der Waals surface area contributed by atoms with Gasteiger partial charge in [-0.15, -0.1) is 5.10 Å². The number of amides is 1. The van der Waals surface area contributed by atoms with Crippen molar-refractivity contribution in [1.82, 2.24) is 25.5 Å². The van der Waals surface area contributed by atoms with Gasteiger partial charge in [0, 0.05) is 0 Å². The number of hydrogen-bond donors (Lipinski definition) is 1. The van der Waals surface area contributed by atoms with Gasteiger partial charge in [0.1, 0.15) is 12.9 Å². The van der Waals surface area contributed by atoms with Gasteiger partial charge in [0.05, 0.1) is 11.6 Å². The molecule has 0 bridgehead atoms. The van der Waals surface area contributed by atoms with E-state index in [0.717, 1.165) is 12.1 Å². The third kappa shape index (κ3) is 4.01. The summed E-state index contributed by atoms with van der Waals surface area (Å²) in [6.45, 7) is 1.62. The zero-order valence-corrected chi connectivity index (χ0v) is 11.0. The first kappa shape index (κ1) is 14.9. The predicted molar refractivity (Wildman–Crippen MR) is 65.8 cm³/mol. The van der Waals surface area contributed by atoms with E-state index in [1.807, 2.05) is 0 Å². The van der Waals surface area contributed by atoms with Crippen molar-refractivity contribution in [2.75, 3.05) is 0 Å². The van der Waals surface area contributed by atoms with Crippen molar-refractivity contribution in [2.45, 2.75) is 25.7 Å². The monoisotopic (exact) mass is 299 g/mol. The molecule has 2 aromatic rings. The lowest BCUT2D eigenvalue weighted by molar-refractivity contribution is -0.137. The average Bonchev–Trinajstić information content (AvgIpc) is 2.90. The topological polar surface area (TPSA) is 72.7 Å². The number of halogens is 3. The molecule has 0 spiro atoms. The van der Waals surface area contributed by atoms with E-state index >= 15 is 0 Å². The molecule has 1 aromatic carbocycles. The molecule has 0 saturated heterocycles. The first-order valence-corrected chi connectivity index (χ1v) is 6.03. The summed E-state index contributed by atoms with van der Waals surface area (Å²) in [6, 6.07) is 4.23. The molecular formula is C12H12F3N5O. The van der Waals surface area contributed by atoms with E-state index in [0.29, 0.717) is 5.56 Å². The van der Waals surface area contributed by atoms with Crippen LogP contribution in [0.1, 0.15) is 24.1 Å². The van der Waals surface area contributed by atoms with Gasteiger partial charge in [0.2, 0.25) is 5.91 Å². The van der Waals surface area contributed by atoms with Crippen molar-refractivity contribution in [1.29, 1.82) is 0 Å². The maximum absolute atomic E-state index is 12.5. The summed E-state index contributed by atoms with van der Waals surface area (Å²) in [5, 5.41) is 13.0. The normalized spacial score (nSPS) is 13.0. The summed E-state index contributed by atoms with van der Waals surface area (Å²) >= 11 is 0. The van der Waals surface area contributed by atoms with E-state index in [1.54, 1.807) is 6.92 Å². The Morgan fingerprint density at radius 1 is 1.33 bits per heavy atom. The second-order valence-electron chi connectivity index (χ2n) is 4.42. The van der Waals surface area contributed by atoms with Crippen molar-refractivity contribution in [3.8, 4) is 0 Å². The van der Waals surface area contributed by atoms with Crippen LogP contribution in [-0.2, 0) is 17.5 Å².